The monoisotopic (exact) mass is 355 g/mol. The molecule has 0 aromatic heterocycles. The van der Waals surface area contributed by atoms with E-state index < -0.39 is 5.91 Å². The number of Topliss-reactive ketones (excluding diaryl/α,β-unsaturated/α-hetero) is 1. The third kappa shape index (κ3) is 3.89. The highest BCUT2D eigenvalue weighted by Crippen LogP contribution is 2.37. The molecule has 0 atom stereocenters. The van der Waals surface area contributed by atoms with Gasteiger partial charge >= 0.3 is 0 Å². The molecule has 0 bridgehead atoms. The lowest BCUT2D eigenvalue weighted by molar-refractivity contribution is -0.118. The summed E-state index contributed by atoms with van der Waals surface area (Å²) in [6.45, 7) is 3.76. The zero-order valence-corrected chi connectivity index (χ0v) is 14.1. The van der Waals surface area contributed by atoms with E-state index in [1.807, 2.05) is 13.8 Å². The van der Waals surface area contributed by atoms with E-state index >= 15 is 0 Å². The summed E-state index contributed by atoms with van der Waals surface area (Å²) in [5.74, 6) is -1.15. The summed E-state index contributed by atoms with van der Waals surface area (Å²) >= 11 is 11.9. The first-order valence-electron chi connectivity index (χ1n) is 6.76. The van der Waals surface area contributed by atoms with E-state index in [0.29, 0.717) is 6.42 Å². The van der Waals surface area contributed by atoms with Gasteiger partial charge in [0.25, 0.3) is 0 Å². The van der Waals surface area contributed by atoms with Crippen molar-refractivity contribution in [2.75, 3.05) is 0 Å². The lowest BCUT2D eigenvalue weighted by Crippen LogP contribution is -2.25. The molecule has 8 heteroatoms. The van der Waals surface area contributed by atoms with Crippen LogP contribution in [0.1, 0.15) is 37.0 Å². The normalized spacial score (nSPS) is 17.8. The fourth-order valence-electron chi connectivity index (χ4n) is 2.30. The Bertz CT molecular complexity index is 755. The molecule has 1 aliphatic carbocycles. The second-order valence-electron chi connectivity index (χ2n) is 6.08. The van der Waals surface area contributed by atoms with Crippen molar-refractivity contribution in [3.63, 3.8) is 0 Å². The van der Waals surface area contributed by atoms with E-state index in [0.717, 1.165) is 0 Å². The van der Waals surface area contributed by atoms with Crippen LogP contribution < -0.4 is 5.73 Å². The van der Waals surface area contributed by atoms with Crippen molar-refractivity contribution < 1.29 is 14.7 Å². The van der Waals surface area contributed by atoms with E-state index in [-0.39, 0.29) is 50.4 Å². The van der Waals surface area contributed by atoms with Crippen LogP contribution in [0.5, 0.6) is 0 Å². The molecular formula is C15H15Cl2N3O3. The van der Waals surface area contributed by atoms with Crippen LogP contribution in [0.3, 0.4) is 0 Å². The molecular weight excluding hydrogens is 341 g/mol. The molecule has 0 saturated heterocycles. The number of nitrogens with two attached hydrogens (primary N) is 1. The number of rotatable bonds is 3. The van der Waals surface area contributed by atoms with Crippen molar-refractivity contribution in [2.45, 2.75) is 26.7 Å². The number of carbonyl (C=O) groups excluding carboxylic acids is 2. The minimum absolute atomic E-state index is 0.0410. The lowest BCUT2D eigenvalue weighted by atomic mass is 9.78. The number of primary amides is 1. The number of halogens is 2. The Morgan fingerprint density at radius 3 is 2.43 bits per heavy atom. The summed E-state index contributed by atoms with van der Waals surface area (Å²) < 4.78 is 0. The molecule has 122 valence electrons. The third-order valence-electron chi connectivity index (χ3n) is 3.38. The Kier molecular flexibility index (Phi) is 4.77. The Labute approximate surface area is 143 Å². The maximum atomic E-state index is 12.1. The fraction of sp³-hybridized carbons (Fsp3) is 0.333. The highest BCUT2D eigenvalue weighted by atomic mass is 35.5. The van der Waals surface area contributed by atoms with Crippen molar-refractivity contribution in [1.82, 2.24) is 0 Å². The van der Waals surface area contributed by atoms with Crippen LogP contribution in [0.4, 0.5) is 5.69 Å². The predicted octanol–water partition coefficient (Wildman–Crippen LogP) is 4.33. The van der Waals surface area contributed by atoms with Gasteiger partial charge in [-0.15, -0.1) is 10.2 Å². The number of benzene rings is 1. The van der Waals surface area contributed by atoms with Gasteiger partial charge in [-0.1, -0.05) is 37.0 Å². The number of allylic oxidation sites excluding steroid dienone is 2. The molecule has 1 amide bonds. The van der Waals surface area contributed by atoms with Crippen molar-refractivity contribution in [2.24, 2.45) is 21.4 Å². The third-order valence-corrected chi connectivity index (χ3v) is 4.00. The van der Waals surface area contributed by atoms with Crippen LogP contribution >= 0.6 is 23.2 Å². The summed E-state index contributed by atoms with van der Waals surface area (Å²) in [5, 5.41) is 17.9. The van der Waals surface area contributed by atoms with Gasteiger partial charge in [-0.25, -0.2) is 0 Å². The Morgan fingerprint density at radius 1 is 1.22 bits per heavy atom. The molecule has 0 heterocycles. The number of hydrogen-bond acceptors (Lipinski definition) is 5. The molecule has 1 aliphatic rings. The molecule has 0 saturated carbocycles. The van der Waals surface area contributed by atoms with Crippen LogP contribution in [0.2, 0.25) is 10.0 Å². The molecule has 0 spiro atoms. The zero-order valence-electron chi connectivity index (χ0n) is 12.6. The van der Waals surface area contributed by atoms with Crippen molar-refractivity contribution in [3.05, 3.63) is 39.2 Å². The number of aliphatic hydroxyl groups is 1. The molecule has 1 aromatic rings. The summed E-state index contributed by atoms with van der Waals surface area (Å²) in [4.78, 5) is 23.3. The predicted molar refractivity (Wildman–Crippen MR) is 87.2 cm³/mol. The molecule has 0 aliphatic heterocycles. The first-order valence-corrected chi connectivity index (χ1v) is 7.52. The molecule has 0 radical (unpaired) electrons. The van der Waals surface area contributed by atoms with E-state index in [2.05, 4.69) is 10.2 Å². The van der Waals surface area contributed by atoms with E-state index in [4.69, 9.17) is 28.9 Å². The number of aliphatic hydroxyl groups excluding tert-OH is 1. The van der Waals surface area contributed by atoms with E-state index in [9.17, 15) is 14.7 Å². The van der Waals surface area contributed by atoms with Gasteiger partial charge in [-0.05, 0) is 17.5 Å². The van der Waals surface area contributed by atoms with Crippen molar-refractivity contribution in [3.8, 4) is 0 Å². The smallest absolute Gasteiger partial charge is 0.250 e. The van der Waals surface area contributed by atoms with Gasteiger partial charge in [-0.3, -0.25) is 9.59 Å². The standard InChI is InChI=1S/C15H15Cl2N3O3/c1-15(2)5-11(21)13(12(22)6-15)20-19-10-3-7(14(18)23)8(16)4-9(10)17/h3-4,21H,5-6H2,1-2H3,(H2,18,23). The van der Waals surface area contributed by atoms with Crippen LogP contribution in [-0.4, -0.2) is 16.8 Å². The van der Waals surface area contributed by atoms with Gasteiger partial charge < -0.3 is 10.8 Å². The second kappa shape index (κ2) is 6.29. The SMILES string of the molecule is CC1(C)CC(=O)C(N=Nc2cc(C(N)=O)c(Cl)cc2Cl)=C(O)C1. The highest BCUT2D eigenvalue weighted by Gasteiger charge is 2.33. The van der Waals surface area contributed by atoms with Crippen LogP contribution in [-0.2, 0) is 4.79 Å². The summed E-state index contributed by atoms with van der Waals surface area (Å²) in [6, 6.07) is 2.60. The summed E-state index contributed by atoms with van der Waals surface area (Å²) in [5.41, 5.74) is 4.95. The Balaban J connectivity index is 2.39. The largest absolute Gasteiger partial charge is 0.510 e. The zero-order chi connectivity index (χ0) is 17.4. The van der Waals surface area contributed by atoms with Crippen molar-refractivity contribution in [1.29, 1.82) is 0 Å². The maximum Gasteiger partial charge on any atom is 0.250 e. The van der Waals surface area contributed by atoms with E-state index in [1.165, 1.54) is 12.1 Å². The summed E-state index contributed by atoms with van der Waals surface area (Å²) in [7, 11) is 0. The van der Waals surface area contributed by atoms with Gasteiger partial charge in [0.1, 0.15) is 11.4 Å². The minimum atomic E-state index is -0.735. The van der Waals surface area contributed by atoms with Gasteiger partial charge in [-0.2, -0.15) is 0 Å². The molecule has 3 N–H and O–H groups in total. The van der Waals surface area contributed by atoms with E-state index in [1.54, 1.807) is 0 Å². The molecule has 6 nitrogen and oxygen atoms in total. The maximum absolute atomic E-state index is 12.1. The first-order chi connectivity index (χ1) is 10.6. The number of amides is 1. The molecule has 0 fully saturated rings. The highest BCUT2D eigenvalue weighted by molar-refractivity contribution is 6.38. The topological polar surface area (TPSA) is 105 Å². The van der Waals surface area contributed by atoms with Gasteiger partial charge in [0.05, 0.1) is 15.6 Å². The number of carbonyl (C=O) groups is 2. The molecule has 2 rings (SSSR count). The second-order valence-corrected chi connectivity index (χ2v) is 6.90. The van der Waals surface area contributed by atoms with Crippen molar-refractivity contribution >= 4 is 40.6 Å². The average molecular weight is 356 g/mol. The number of ketones is 1. The number of hydrogen-bond donors (Lipinski definition) is 2. The van der Waals surface area contributed by atoms with Gasteiger partial charge in [0.2, 0.25) is 5.91 Å². The van der Waals surface area contributed by atoms with Gasteiger partial charge in [0.15, 0.2) is 11.5 Å². The molecule has 0 unspecified atom stereocenters. The molecule has 23 heavy (non-hydrogen) atoms. The average Bonchev–Trinajstić information content (AvgIpc) is 2.37. The Morgan fingerprint density at radius 2 is 1.87 bits per heavy atom. The summed E-state index contributed by atoms with van der Waals surface area (Å²) in [6.07, 6.45) is 0.584. The quantitative estimate of drug-likeness (QED) is 0.787. The van der Waals surface area contributed by atoms with Crippen LogP contribution in [0, 0.1) is 5.41 Å². The Hall–Kier alpha value is -1.92. The minimum Gasteiger partial charge on any atom is -0.510 e. The molecule has 1 aromatic carbocycles. The van der Waals surface area contributed by atoms with Crippen LogP contribution in [0.25, 0.3) is 0 Å². The first kappa shape index (κ1) is 17.4. The fourth-order valence-corrected chi connectivity index (χ4v) is 2.81. The number of azo groups is 1. The van der Waals surface area contributed by atoms with Crippen LogP contribution in [0.15, 0.2) is 33.8 Å². The number of nitrogens with zero attached hydrogens (tertiary/aromatic N) is 2. The lowest BCUT2D eigenvalue weighted by Gasteiger charge is -2.27. The van der Waals surface area contributed by atoms with Gasteiger partial charge in [0, 0.05) is 12.8 Å².